The Bertz CT molecular complexity index is 504. The molecule has 94 valence electrons. The van der Waals surface area contributed by atoms with Crippen LogP contribution in [0.1, 0.15) is 10.4 Å². The van der Waals surface area contributed by atoms with Crippen LogP contribution in [0.25, 0.3) is 5.57 Å². The van der Waals surface area contributed by atoms with Gasteiger partial charge in [0.1, 0.15) is 0 Å². The Morgan fingerprint density at radius 3 is 2.61 bits per heavy atom. The first kappa shape index (κ1) is 13.5. The van der Waals surface area contributed by atoms with Crippen LogP contribution in [0, 0.1) is 0 Å². The Hall–Kier alpha value is -0.900. The normalized spacial score (nSPS) is 10.5. The van der Waals surface area contributed by atoms with Crippen molar-refractivity contribution in [2.24, 2.45) is 0 Å². The molecule has 2 aromatic rings. The number of halogens is 1. The van der Waals surface area contributed by atoms with Gasteiger partial charge in [-0.15, -0.1) is 11.3 Å². The smallest absolute Gasteiger partial charge is 0.0701 e. The Morgan fingerprint density at radius 2 is 1.94 bits per heavy atom. The van der Waals surface area contributed by atoms with Crippen molar-refractivity contribution in [3.63, 3.8) is 0 Å². The summed E-state index contributed by atoms with van der Waals surface area (Å²) >= 11 is 5.28. The van der Waals surface area contributed by atoms with Gasteiger partial charge in [-0.2, -0.15) is 0 Å². The van der Waals surface area contributed by atoms with Gasteiger partial charge in [0.15, 0.2) is 0 Å². The Balaban J connectivity index is 1.71. The standard InChI is InChI=1S/C15H16BrNS/c1-12(13-5-3-2-4-6-13)11-17-10-9-14-7-8-15(16)18-14/h2-8,17H,1,9-11H2. The molecule has 1 N–H and O–H groups in total. The summed E-state index contributed by atoms with van der Waals surface area (Å²) in [7, 11) is 0. The van der Waals surface area contributed by atoms with Crippen molar-refractivity contribution in [2.75, 3.05) is 13.1 Å². The van der Waals surface area contributed by atoms with Crippen molar-refractivity contribution in [3.8, 4) is 0 Å². The number of hydrogen-bond acceptors (Lipinski definition) is 2. The van der Waals surface area contributed by atoms with Crippen molar-refractivity contribution < 1.29 is 0 Å². The molecule has 18 heavy (non-hydrogen) atoms. The highest BCUT2D eigenvalue weighted by atomic mass is 79.9. The van der Waals surface area contributed by atoms with Crippen LogP contribution in [0.2, 0.25) is 0 Å². The van der Waals surface area contributed by atoms with Crippen LogP contribution < -0.4 is 5.32 Å². The minimum Gasteiger partial charge on any atom is -0.312 e. The molecule has 1 aromatic carbocycles. The monoisotopic (exact) mass is 321 g/mol. The summed E-state index contributed by atoms with van der Waals surface area (Å²) in [5.41, 5.74) is 2.35. The van der Waals surface area contributed by atoms with Crippen LogP contribution in [0.3, 0.4) is 0 Å². The van der Waals surface area contributed by atoms with E-state index >= 15 is 0 Å². The second-order valence-corrected chi connectivity index (χ2v) is 6.65. The summed E-state index contributed by atoms with van der Waals surface area (Å²) in [4.78, 5) is 1.40. The van der Waals surface area contributed by atoms with Gasteiger partial charge in [0.2, 0.25) is 0 Å². The van der Waals surface area contributed by atoms with Gasteiger partial charge < -0.3 is 5.32 Å². The molecule has 1 nitrogen and oxygen atoms in total. The van der Waals surface area contributed by atoms with Crippen LogP contribution in [0.5, 0.6) is 0 Å². The lowest BCUT2D eigenvalue weighted by Gasteiger charge is -2.07. The first-order valence-corrected chi connectivity index (χ1v) is 7.55. The predicted molar refractivity (Wildman–Crippen MR) is 84.1 cm³/mol. The van der Waals surface area contributed by atoms with E-state index in [2.05, 4.69) is 52.1 Å². The van der Waals surface area contributed by atoms with Crippen molar-refractivity contribution >= 4 is 32.8 Å². The first-order chi connectivity index (χ1) is 8.75. The molecule has 1 heterocycles. The molecule has 0 aliphatic carbocycles. The zero-order chi connectivity index (χ0) is 12.8. The fraction of sp³-hybridized carbons (Fsp3) is 0.200. The maximum Gasteiger partial charge on any atom is 0.0701 e. The minimum absolute atomic E-state index is 0.844. The van der Waals surface area contributed by atoms with Gasteiger partial charge in [0.05, 0.1) is 3.79 Å². The lowest BCUT2D eigenvalue weighted by molar-refractivity contribution is 0.757. The molecular formula is C15H16BrNS. The number of hydrogen-bond donors (Lipinski definition) is 1. The first-order valence-electron chi connectivity index (χ1n) is 5.94. The summed E-state index contributed by atoms with van der Waals surface area (Å²) in [6, 6.07) is 14.6. The number of nitrogens with one attached hydrogen (secondary N) is 1. The lowest BCUT2D eigenvalue weighted by atomic mass is 10.1. The van der Waals surface area contributed by atoms with Crippen molar-refractivity contribution in [1.82, 2.24) is 5.32 Å². The zero-order valence-electron chi connectivity index (χ0n) is 10.2. The quantitative estimate of drug-likeness (QED) is 0.780. The van der Waals surface area contributed by atoms with Gasteiger partial charge in [0.25, 0.3) is 0 Å². The third-order valence-corrected chi connectivity index (χ3v) is 4.38. The number of rotatable bonds is 6. The topological polar surface area (TPSA) is 12.0 Å². The maximum absolute atomic E-state index is 4.11. The van der Waals surface area contributed by atoms with E-state index in [1.54, 1.807) is 11.3 Å². The van der Waals surface area contributed by atoms with Crippen LogP contribution >= 0.6 is 27.3 Å². The molecule has 0 fully saturated rings. The molecule has 0 radical (unpaired) electrons. The van der Waals surface area contributed by atoms with Crippen molar-refractivity contribution in [1.29, 1.82) is 0 Å². The molecule has 0 unspecified atom stereocenters. The predicted octanol–water partition coefficient (Wildman–Crippen LogP) is 4.36. The van der Waals surface area contributed by atoms with E-state index in [1.165, 1.54) is 14.2 Å². The molecular weight excluding hydrogens is 306 g/mol. The van der Waals surface area contributed by atoms with Crippen LogP contribution in [-0.2, 0) is 6.42 Å². The van der Waals surface area contributed by atoms with Gasteiger partial charge in [-0.1, -0.05) is 36.9 Å². The van der Waals surface area contributed by atoms with Gasteiger partial charge in [-0.3, -0.25) is 0 Å². The SMILES string of the molecule is C=C(CNCCc1ccc(Br)s1)c1ccccc1. The fourth-order valence-corrected chi connectivity index (χ4v) is 3.20. The van der Waals surface area contributed by atoms with E-state index in [-0.39, 0.29) is 0 Å². The van der Waals surface area contributed by atoms with Crippen molar-refractivity contribution in [2.45, 2.75) is 6.42 Å². The molecule has 3 heteroatoms. The minimum atomic E-state index is 0.844. The number of benzene rings is 1. The summed E-state index contributed by atoms with van der Waals surface area (Å²) in [5.74, 6) is 0. The molecule has 0 aliphatic rings. The molecule has 0 saturated heterocycles. The molecule has 1 aromatic heterocycles. The molecule has 2 rings (SSSR count). The van der Waals surface area contributed by atoms with Crippen LogP contribution in [0.15, 0.2) is 52.8 Å². The van der Waals surface area contributed by atoms with E-state index in [0.29, 0.717) is 0 Å². The second kappa shape index (κ2) is 6.88. The highest BCUT2D eigenvalue weighted by molar-refractivity contribution is 9.11. The summed E-state index contributed by atoms with van der Waals surface area (Å²) in [6.45, 7) is 5.93. The molecule has 0 spiro atoms. The third-order valence-electron chi connectivity index (χ3n) is 2.70. The third kappa shape index (κ3) is 4.09. The lowest BCUT2D eigenvalue weighted by Crippen LogP contribution is -2.18. The Labute approximate surface area is 121 Å². The average molecular weight is 322 g/mol. The van der Waals surface area contributed by atoms with Crippen molar-refractivity contribution in [3.05, 3.63) is 63.3 Å². The Morgan fingerprint density at radius 1 is 1.17 bits per heavy atom. The second-order valence-electron chi connectivity index (χ2n) is 4.10. The van der Waals surface area contributed by atoms with E-state index in [0.717, 1.165) is 25.1 Å². The fourth-order valence-electron chi connectivity index (χ4n) is 1.71. The molecule has 0 aliphatic heterocycles. The highest BCUT2D eigenvalue weighted by Gasteiger charge is 1.99. The van der Waals surface area contributed by atoms with E-state index in [1.807, 2.05) is 18.2 Å². The van der Waals surface area contributed by atoms with Gasteiger partial charge in [-0.05, 0) is 45.6 Å². The largest absolute Gasteiger partial charge is 0.312 e. The van der Waals surface area contributed by atoms with E-state index in [9.17, 15) is 0 Å². The summed E-state index contributed by atoms with van der Waals surface area (Å²) in [6.07, 6.45) is 1.07. The summed E-state index contributed by atoms with van der Waals surface area (Å²) < 4.78 is 1.20. The van der Waals surface area contributed by atoms with Gasteiger partial charge >= 0.3 is 0 Å². The zero-order valence-corrected chi connectivity index (χ0v) is 12.6. The number of thiophene rings is 1. The van der Waals surface area contributed by atoms with Gasteiger partial charge in [-0.25, -0.2) is 0 Å². The Kier molecular flexibility index (Phi) is 5.17. The summed E-state index contributed by atoms with van der Waals surface area (Å²) in [5, 5.41) is 3.43. The maximum atomic E-state index is 4.11. The molecule has 0 bridgehead atoms. The molecule has 0 amide bonds. The molecule has 0 saturated carbocycles. The average Bonchev–Trinajstić information content (AvgIpc) is 2.81. The van der Waals surface area contributed by atoms with E-state index < -0.39 is 0 Å². The molecule has 0 atom stereocenters. The van der Waals surface area contributed by atoms with Gasteiger partial charge in [0, 0.05) is 18.0 Å². The highest BCUT2D eigenvalue weighted by Crippen LogP contribution is 2.22. The van der Waals surface area contributed by atoms with Crippen LogP contribution in [-0.4, -0.2) is 13.1 Å². The van der Waals surface area contributed by atoms with E-state index in [4.69, 9.17) is 0 Å². The van der Waals surface area contributed by atoms with Crippen LogP contribution in [0.4, 0.5) is 0 Å².